The van der Waals surface area contributed by atoms with E-state index in [4.69, 9.17) is 9.47 Å². The Balaban J connectivity index is 1.91. The highest BCUT2D eigenvalue weighted by molar-refractivity contribution is 5.96. The molecule has 1 aromatic carbocycles. The van der Waals surface area contributed by atoms with Crippen LogP contribution in [0.5, 0.6) is 5.75 Å². The summed E-state index contributed by atoms with van der Waals surface area (Å²) >= 11 is 0. The van der Waals surface area contributed by atoms with E-state index in [0.29, 0.717) is 31.3 Å². The van der Waals surface area contributed by atoms with Crippen molar-refractivity contribution in [2.75, 3.05) is 13.2 Å². The van der Waals surface area contributed by atoms with Gasteiger partial charge in [-0.1, -0.05) is 12.1 Å². The summed E-state index contributed by atoms with van der Waals surface area (Å²) < 4.78 is 10.8. The number of hydrogen-bond donors (Lipinski definition) is 0. The smallest absolute Gasteiger partial charge is 0.165 e. The lowest BCUT2D eigenvalue weighted by molar-refractivity contribution is 0.0895. The molecule has 0 atom stereocenters. The van der Waals surface area contributed by atoms with Gasteiger partial charge in [-0.2, -0.15) is 0 Å². The highest BCUT2D eigenvalue weighted by Crippen LogP contribution is 2.27. The van der Waals surface area contributed by atoms with E-state index in [-0.39, 0.29) is 5.78 Å². The fraction of sp³-hybridized carbons (Fsp3) is 0.500. The van der Waals surface area contributed by atoms with Crippen molar-refractivity contribution in [1.82, 2.24) is 0 Å². The van der Waals surface area contributed by atoms with Crippen LogP contribution in [0.3, 0.4) is 0 Å². The standard InChI is InChI=1S/C14H18O3/c1-2-16-9-8-14(15)11-4-3-5-13(10-11)17-12-6-7-12/h3-5,10,12H,2,6-9H2,1H3. The molecule has 2 rings (SSSR count). The van der Waals surface area contributed by atoms with Gasteiger partial charge in [-0.3, -0.25) is 4.79 Å². The molecule has 0 amide bonds. The van der Waals surface area contributed by atoms with Crippen LogP contribution in [0, 0.1) is 0 Å². The lowest BCUT2D eigenvalue weighted by atomic mass is 10.1. The Morgan fingerprint density at radius 2 is 2.24 bits per heavy atom. The highest BCUT2D eigenvalue weighted by Gasteiger charge is 2.23. The molecule has 92 valence electrons. The van der Waals surface area contributed by atoms with E-state index in [0.717, 1.165) is 18.6 Å². The molecule has 3 nitrogen and oxygen atoms in total. The summed E-state index contributed by atoms with van der Waals surface area (Å²) in [6, 6.07) is 7.42. The summed E-state index contributed by atoms with van der Waals surface area (Å²) in [5.41, 5.74) is 0.711. The summed E-state index contributed by atoms with van der Waals surface area (Å²) in [5, 5.41) is 0. The van der Waals surface area contributed by atoms with Gasteiger partial charge < -0.3 is 9.47 Å². The van der Waals surface area contributed by atoms with Crippen LogP contribution in [-0.4, -0.2) is 25.1 Å². The minimum Gasteiger partial charge on any atom is -0.490 e. The largest absolute Gasteiger partial charge is 0.490 e. The molecule has 0 bridgehead atoms. The third-order valence-electron chi connectivity index (χ3n) is 2.66. The number of Topliss-reactive ketones (excluding diaryl/α,β-unsaturated/α-hetero) is 1. The zero-order valence-electron chi connectivity index (χ0n) is 10.1. The zero-order valence-corrected chi connectivity index (χ0v) is 10.1. The predicted molar refractivity (Wildman–Crippen MR) is 65.5 cm³/mol. The molecule has 0 radical (unpaired) electrons. The maximum Gasteiger partial charge on any atom is 0.165 e. The minimum absolute atomic E-state index is 0.111. The molecule has 3 heteroatoms. The molecule has 1 fully saturated rings. The average Bonchev–Trinajstić information content (AvgIpc) is 3.13. The Bertz CT molecular complexity index is 383. The van der Waals surface area contributed by atoms with E-state index in [9.17, 15) is 4.79 Å². The van der Waals surface area contributed by atoms with Crippen molar-refractivity contribution in [1.29, 1.82) is 0 Å². The molecule has 17 heavy (non-hydrogen) atoms. The lowest BCUT2D eigenvalue weighted by Crippen LogP contribution is -2.05. The Hall–Kier alpha value is -1.35. The number of ketones is 1. The maximum atomic E-state index is 11.8. The zero-order chi connectivity index (χ0) is 12.1. The van der Waals surface area contributed by atoms with Gasteiger partial charge in [0.15, 0.2) is 5.78 Å². The fourth-order valence-corrected chi connectivity index (χ4v) is 1.57. The molecule has 0 unspecified atom stereocenters. The van der Waals surface area contributed by atoms with Crippen LogP contribution < -0.4 is 4.74 Å². The molecule has 1 saturated carbocycles. The number of benzene rings is 1. The van der Waals surface area contributed by atoms with E-state index in [2.05, 4.69) is 0 Å². The van der Waals surface area contributed by atoms with Gasteiger partial charge in [0.25, 0.3) is 0 Å². The van der Waals surface area contributed by atoms with Crippen molar-refractivity contribution in [3.63, 3.8) is 0 Å². The van der Waals surface area contributed by atoms with Crippen molar-refractivity contribution in [3.05, 3.63) is 29.8 Å². The van der Waals surface area contributed by atoms with Crippen molar-refractivity contribution in [2.45, 2.75) is 32.3 Å². The Labute approximate surface area is 102 Å². The van der Waals surface area contributed by atoms with E-state index in [1.165, 1.54) is 0 Å². The summed E-state index contributed by atoms with van der Waals surface area (Å²) in [4.78, 5) is 11.8. The molecule has 1 aromatic rings. The summed E-state index contributed by atoms with van der Waals surface area (Å²) in [6.07, 6.45) is 3.05. The number of ether oxygens (including phenoxy) is 2. The third kappa shape index (κ3) is 3.86. The van der Waals surface area contributed by atoms with Gasteiger partial charge in [0, 0.05) is 18.6 Å². The van der Waals surface area contributed by atoms with Gasteiger partial charge in [-0.05, 0) is 31.9 Å². The fourth-order valence-electron chi connectivity index (χ4n) is 1.57. The van der Waals surface area contributed by atoms with Crippen LogP contribution in [0.4, 0.5) is 0 Å². The summed E-state index contributed by atoms with van der Waals surface area (Å²) in [7, 11) is 0. The van der Waals surface area contributed by atoms with Gasteiger partial charge in [0.2, 0.25) is 0 Å². The second-order valence-electron chi connectivity index (χ2n) is 4.22. The van der Waals surface area contributed by atoms with Crippen LogP contribution >= 0.6 is 0 Å². The highest BCUT2D eigenvalue weighted by atomic mass is 16.5. The Morgan fingerprint density at radius 3 is 2.94 bits per heavy atom. The molecule has 0 saturated heterocycles. The van der Waals surface area contributed by atoms with Crippen LogP contribution in [0.25, 0.3) is 0 Å². The normalized spacial score (nSPS) is 14.6. The van der Waals surface area contributed by atoms with Crippen molar-refractivity contribution in [3.8, 4) is 5.75 Å². The third-order valence-corrected chi connectivity index (χ3v) is 2.66. The molecule has 0 heterocycles. The number of hydrogen-bond acceptors (Lipinski definition) is 3. The minimum atomic E-state index is 0.111. The van der Waals surface area contributed by atoms with Crippen molar-refractivity contribution >= 4 is 5.78 Å². The number of carbonyl (C=O) groups excluding carboxylic acids is 1. The van der Waals surface area contributed by atoms with Gasteiger partial charge in [-0.15, -0.1) is 0 Å². The van der Waals surface area contributed by atoms with Crippen LogP contribution in [0.15, 0.2) is 24.3 Å². The van der Waals surface area contributed by atoms with Crippen LogP contribution in [-0.2, 0) is 4.74 Å². The van der Waals surface area contributed by atoms with E-state index in [1.54, 1.807) is 0 Å². The molecule has 1 aliphatic carbocycles. The SMILES string of the molecule is CCOCCC(=O)c1cccc(OC2CC2)c1. The van der Waals surface area contributed by atoms with Gasteiger partial charge in [0.05, 0.1) is 12.7 Å². The van der Waals surface area contributed by atoms with Crippen LogP contribution in [0.2, 0.25) is 0 Å². The molecule has 1 aliphatic rings. The van der Waals surface area contributed by atoms with E-state index >= 15 is 0 Å². The topological polar surface area (TPSA) is 35.5 Å². The quantitative estimate of drug-likeness (QED) is 0.537. The lowest BCUT2D eigenvalue weighted by Gasteiger charge is -2.06. The first-order valence-electron chi connectivity index (χ1n) is 6.17. The first-order chi connectivity index (χ1) is 8.29. The molecule has 0 spiro atoms. The monoisotopic (exact) mass is 234 g/mol. The van der Waals surface area contributed by atoms with Crippen molar-refractivity contribution in [2.24, 2.45) is 0 Å². The number of carbonyl (C=O) groups is 1. The van der Waals surface area contributed by atoms with E-state index < -0.39 is 0 Å². The summed E-state index contributed by atoms with van der Waals surface area (Å²) in [6.45, 7) is 3.07. The molecular weight excluding hydrogens is 216 g/mol. The predicted octanol–water partition coefficient (Wildman–Crippen LogP) is 2.84. The molecule has 0 aliphatic heterocycles. The second kappa shape index (κ2) is 5.82. The molecule has 0 N–H and O–H groups in total. The maximum absolute atomic E-state index is 11.8. The van der Waals surface area contributed by atoms with Crippen LogP contribution in [0.1, 0.15) is 36.5 Å². The summed E-state index contributed by atoms with van der Waals surface area (Å²) in [5.74, 6) is 0.912. The Morgan fingerprint density at radius 1 is 1.41 bits per heavy atom. The molecule has 0 aromatic heterocycles. The van der Waals surface area contributed by atoms with E-state index in [1.807, 2.05) is 31.2 Å². The van der Waals surface area contributed by atoms with Gasteiger partial charge in [0.1, 0.15) is 5.75 Å². The van der Waals surface area contributed by atoms with Gasteiger partial charge in [-0.25, -0.2) is 0 Å². The average molecular weight is 234 g/mol. The van der Waals surface area contributed by atoms with Gasteiger partial charge >= 0.3 is 0 Å². The first-order valence-corrected chi connectivity index (χ1v) is 6.17. The second-order valence-corrected chi connectivity index (χ2v) is 4.22. The first kappa shape index (κ1) is 12.1. The van der Waals surface area contributed by atoms with Crippen molar-refractivity contribution < 1.29 is 14.3 Å². The number of rotatable bonds is 7. The Kier molecular flexibility index (Phi) is 4.15. The molecular formula is C14H18O3.